The molecule has 0 saturated carbocycles. The number of para-hydroxylation sites is 1. The first-order valence-corrected chi connectivity index (χ1v) is 5.86. The Labute approximate surface area is 96.0 Å². The highest BCUT2D eigenvalue weighted by molar-refractivity contribution is 7.17. The highest BCUT2D eigenvalue weighted by Gasteiger charge is 2.08. The van der Waals surface area contributed by atoms with Crippen molar-refractivity contribution in [2.45, 2.75) is 13.8 Å². The van der Waals surface area contributed by atoms with Crippen molar-refractivity contribution in [1.82, 2.24) is 9.38 Å². The summed E-state index contributed by atoms with van der Waals surface area (Å²) < 4.78 is 1.63. The first-order valence-electron chi connectivity index (χ1n) is 5.05. The summed E-state index contributed by atoms with van der Waals surface area (Å²) in [7, 11) is 0. The molecule has 0 amide bonds. The van der Waals surface area contributed by atoms with Crippen LogP contribution in [0, 0.1) is 13.8 Å². The maximum Gasteiger partial charge on any atom is 0.266 e. The van der Waals surface area contributed by atoms with Gasteiger partial charge in [0.15, 0.2) is 4.96 Å². The summed E-state index contributed by atoms with van der Waals surface area (Å²) in [6.07, 6.45) is 1.84. The Kier molecular flexibility index (Phi) is 1.88. The lowest BCUT2D eigenvalue weighted by Crippen LogP contribution is -2.13. The molecular formula is C12H10N2OS. The lowest BCUT2D eigenvalue weighted by molar-refractivity contribution is 1.10. The topological polar surface area (TPSA) is 34.4 Å². The highest BCUT2D eigenvalue weighted by Crippen LogP contribution is 2.18. The lowest BCUT2D eigenvalue weighted by Gasteiger charge is -2.00. The summed E-state index contributed by atoms with van der Waals surface area (Å²) in [6.45, 7) is 3.96. The van der Waals surface area contributed by atoms with E-state index in [1.54, 1.807) is 15.7 Å². The van der Waals surface area contributed by atoms with E-state index in [1.807, 2.05) is 38.2 Å². The highest BCUT2D eigenvalue weighted by atomic mass is 32.1. The van der Waals surface area contributed by atoms with Gasteiger partial charge in [-0.15, -0.1) is 11.3 Å². The Hall–Kier alpha value is -1.68. The van der Waals surface area contributed by atoms with Gasteiger partial charge in [-0.3, -0.25) is 9.20 Å². The molecule has 0 N–H and O–H groups in total. The number of fused-ring (bicyclic) bond motifs is 2. The maximum absolute atomic E-state index is 12.2. The van der Waals surface area contributed by atoms with Crippen LogP contribution in [0.1, 0.15) is 10.4 Å². The van der Waals surface area contributed by atoms with Crippen molar-refractivity contribution in [1.29, 1.82) is 0 Å². The van der Waals surface area contributed by atoms with Gasteiger partial charge >= 0.3 is 0 Å². The molecule has 2 heterocycles. The Morgan fingerprint density at radius 3 is 2.94 bits per heavy atom. The van der Waals surface area contributed by atoms with Crippen molar-refractivity contribution in [3.05, 3.63) is 45.2 Å². The van der Waals surface area contributed by atoms with Crippen molar-refractivity contribution >= 4 is 27.2 Å². The van der Waals surface area contributed by atoms with Crippen LogP contribution < -0.4 is 5.56 Å². The second-order valence-electron chi connectivity index (χ2n) is 3.88. The number of aromatic nitrogens is 2. The van der Waals surface area contributed by atoms with Crippen molar-refractivity contribution < 1.29 is 0 Å². The third-order valence-corrected chi connectivity index (χ3v) is 3.56. The van der Waals surface area contributed by atoms with Crippen LogP contribution in [0.3, 0.4) is 0 Å². The molecule has 0 spiro atoms. The molecule has 2 aromatic heterocycles. The number of hydrogen-bond acceptors (Lipinski definition) is 3. The molecule has 0 fully saturated rings. The number of benzene rings is 1. The Morgan fingerprint density at radius 2 is 2.12 bits per heavy atom. The smallest absolute Gasteiger partial charge is 0.266 e. The number of rotatable bonds is 0. The van der Waals surface area contributed by atoms with Crippen LogP contribution in [0.15, 0.2) is 29.2 Å². The second-order valence-corrected chi connectivity index (χ2v) is 5.10. The van der Waals surface area contributed by atoms with Crippen LogP contribution in [-0.2, 0) is 0 Å². The van der Waals surface area contributed by atoms with Gasteiger partial charge in [0, 0.05) is 11.1 Å². The zero-order valence-electron chi connectivity index (χ0n) is 9.02. The lowest BCUT2D eigenvalue weighted by atomic mass is 10.1. The van der Waals surface area contributed by atoms with E-state index < -0.39 is 0 Å². The van der Waals surface area contributed by atoms with Gasteiger partial charge in [0.2, 0.25) is 0 Å². The van der Waals surface area contributed by atoms with E-state index in [2.05, 4.69) is 4.98 Å². The summed E-state index contributed by atoms with van der Waals surface area (Å²) in [6, 6.07) is 5.70. The Bertz CT molecular complexity index is 755. The third kappa shape index (κ3) is 1.20. The summed E-state index contributed by atoms with van der Waals surface area (Å²) in [5.41, 5.74) is 1.88. The fraction of sp³-hybridized carbons (Fsp3) is 0.167. The summed E-state index contributed by atoms with van der Waals surface area (Å²) in [5.74, 6) is 0. The molecule has 4 heteroatoms. The minimum Gasteiger partial charge on any atom is -0.268 e. The number of thiazole rings is 1. The molecule has 0 atom stereocenters. The number of hydrogen-bond donors (Lipinski definition) is 0. The fourth-order valence-corrected chi connectivity index (χ4v) is 2.70. The van der Waals surface area contributed by atoms with Gasteiger partial charge < -0.3 is 0 Å². The SMILES string of the molecule is Cc1cn2c(=O)c3cccc(C)c3nc2s1. The molecule has 0 aliphatic carbocycles. The Balaban J connectivity index is 2.65. The van der Waals surface area contributed by atoms with E-state index in [9.17, 15) is 4.79 Å². The van der Waals surface area contributed by atoms with E-state index in [4.69, 9.17) is 0 Å². The zero-order chi connectivity index (χ0) is 11.3. The second kappa shape index (κ2) is 3.15. The average molecular weight is 230 g/mol. The molecule has 0 radical (unpaired) electrons. The standard InChI is InChI=1S/C12H10N2OS/c1-7-4-3-5-9-10(7)13-12-14(11(9)15)6-8(2)16-12/h3-6H,1-2H3. The number of aryl methyl sites for hydroxylation is 2. The normalized spacial score (nSPS) is 11.4. The molecule has 80 valence electrons. The average Bonchev–Trinajstić information content (AvgIpc) is 2.61. The monoisotopic (exact) mass is 230 g/mol. The molecule has 1 aromatic carbocycles. The molecule has 0 bridgehead atoms. The van der Waals surface area contributed by atoms with Gasteiger partial charge in [-0.25, -0.2) is 4.98 Å². The predicted molar refractivity (Wildman–Crippen MR) is 66.3 cm³/mol. The number of nitrogens with zero attached hydrogens (tertiary/aromatic N) is 2. The fourth-order valence-electron chi connectivity index (χ4n) is 1.88. The van der Waals surface area contributed by atoms with E-state index in [-0.39, 0.29) is 5.56 Å². The third-order valence-electron chi connectivity index (χ3n) is 2.66. The first kappa shape index (κ1) is 9.54. The molecule has 3 aromatic rings. The van der Waals surface area contributed by atoms with Gasteiger partial charge in [-0.2, -0.15) is 0 Å². The van der Waals surface area contributed by atoms with Crippen LogP contribution in [0.4, 0.5) is 0 Å². The van der Waals surface area contributed by atoms with E-state index in [0.717, 1.165) is 20.9 Å². The van der Waals surface area contributed by atoms with Crippen molar-refractivity contribution in [3.63, 3.8) is 0 Å². The first-order chi connectivity index (χ1) is 7.66. The van der Waals surface area contributed by atoms with Gasteiger partial charge in [0.05, 0.1) is 10.9 Å². The predicted octanol–water partition coefficient (Wildman–Crippen LogP) is 2.53. The largest absolute Gasteiger partial charge is 0.268 e. The van der Waals surface area contributed by atoms with Gasteiger partial charge in [-0.05, 0) is 25.5 Å². The maximum atomic E-state index is 12.2. The zero-order valence-corrected chi connectivity index (χ0v) is 9.84. The molecular weight excluding hydrogens is 220 g/mol. The van der Waals surface area contributed by atoms with Crippen LogP contribution in [-0.4, -0.2) is 9.38 Å². The molecule has 16 heavy (non-hydrogen) atoms. The van der Waals surface area contributed by atoms with Crippen molar-refractivity contribution in [2.75, 3.05) is 0 Å². The molecule has 3 rings (SSSR count). The van der Waals surface area contributed by atoms with Crippen LogP contribution in [0.5, 0.6) is 0 Å². The van der Waals surface area contributed by atoms with E-state index in [1.165, 1.54) is 0 Å². The minimum atomic E-state index is 0.0213. The quantitative estimate of drug-likeness (QED) is 0.594. The summed E-state index contributed by atoms with van der Waals surface area (Å²) in [4.78, 5) is 18.6. The van der Waals surface area contributed by atoms with E-state index >= 15 is 0 Å². The van der Waals surface area contributed by atoms with Gasteiger partial charge in [0.25, 0.3) is 5.56 Å². The van der Waals surface area contributed by atoms with Gasteiger partial charge in [-0.1, -0.05) is 12.1 Å². The van der Waals surface area contributed by atoms with Crippen molar-refractivity contribution in [2.24, 2.45) is 0 Å². The summed E-state index contributed by atoms with van der Waals surface area (Å²) in [5, 5.41) is 0.690. The molecule has 0 aliphatic heterocycles. The van der Waals surface area contributed by atoms with E-state index in [0.29, 0.717) is 5.39 Å². The minimum absolute atomic E-state index is 0.0213. The molecule has 0 unspecified atom stereocenters. The van der Waals surface area contributed by atoms with Crippen molar-refractivity contribution in [3.8, 4) is 0 Å². The molecule has 3 nitrogen and oxygen atoms in total. The van der Waals surface area contributed by atoms with Crippen LogP contribution >= 0.6 is 11.3 Å². The summed E-state index contributed by atoms with van der Waals surface area (Å²) >= 11 is 1.54. The van der Waals surface area contributed by atoms with Crippen LogP contribution in [0.2, 0.25) is 0 Å². The molecule has 0 aliphatic rings. The van der Waals surface area contributed by atoms with Gasteiger partial charge in [0.1, 0.15) is 0 Å². The Morgan fingerprint density at radius 1 is 1.31 bits per heavy atom. The molecule has 0 saturated heterocycles. The van der Waals surface area contributed by atoms with Crippen LogP contribution in [0.25, 0.3) is 15.9 Å².